The second-order valence-electron chi connectivity index (χ2n) is 5.04. The van der Waals surface area contributed by atoms with Gasteiger partial charge in [0.05, 0.1) is 24.0 Å². The molecule has 2 heterocycles. The van der Waals surface area contributed by atoms with Crippen molar-refractivity contribution in [2.24, 2.45) is 0 Å². The van der Waals surface area contributed by atoms with Crippen molar-refractivity contribution in [3.63, 3.8) is 0 Å². The van der Waals surface area contributed by atoms with Gasteiger partial charge < -0.3 is 29.6 Å². The SMILES string of the molecule is O=C([O-])C1CCCN1C(=S)SSC(=S)N1CCCC1C(=O)[O-].[Na+].[Na+]. The van der Waals surface area contributed by atoms with Gasteiger partial charge in [0.1, 0.15) is 8.64 Å². The van der Waals surface area contributed by atoms with Gasteiger partial charge >= 0.3 is 59.1 Å². The zero-order chi connectivity index (χ0) is 16.3. The van der Waals surface area contributed by atoms with E-state index in [1.165, 1.54) is 21.6 Å². The molecular formula is C12H14N2Na2O4S4. The first-order valence-electron chi connectivity index (χ1n) is 6.79. The number of likely N-dealkylation sites (tertiary alicyclic amines) is 2. The van der Waals surface area contributed by atoms with Crippen LogP contribution in [0.5, 0.6) is 0 Å². The number of nitrogens with zero attached hydrogens (tertiary/aromatic N) is 2. The first-order valence-corrected chi connectivity index (χ1v) is 9.76. The van der Waals surface area contributed by atoms with Crippen LogP contribution in [0.2, 0.25) is 0 Å². The molecule has 2 unspecified atom stereocenters. The second-order valence-corrected chi connectivity index (χ2v) is 8.44. The van der Waals surface area contributed by atoms with Crippen molar-refractivity contribution in [3.05, 3.63) is 0 Å². The van der Waals surface area contributed by atoms with Gasteiger partial charge in [-0.2, -0.15) is 0 Å². The Morgan fingerprint density at radius 2 is 1.17 bits per heavy atom. The van der Waals surface area contributed by atoms with Crippen LogP contribution >= 0.6 is 46.0 Å². The number of hydrogen-bond donors (Lipinski definition) is 0. The molecule has 122 valence electrons. The Balaban J connectivity index is 0.00000264. The van der Waals surface area contributed by atoms with Crippen molar-refractivity contribution < 1.29 is 78.9 Å². The summed E-state index contributed by atoms with van der Waals surface area (Å²) >= 11 is 10.5. The van der Waals surface area contributed by atoms with Gasteiger partial charge in [-0.25, -0.2) is 0 Å². The summed E-state index contributed by atoms with van der Waals surface area (Å²) in [5.41, 5.74) is 0. The predicted molar refractivity (Wildman–Crippen MR) is 89.8 cm³/mol. The maximum atomic E-state index is 11.0. The molecule has 2 aliphatic rings. The van der Waals surface area contributed by atoms with Gasteiger partial charge in [0.25, 0.3) is 0 Å². The number of carboxylic acids is 2. The van der Waals surface area contributed by atoms with Crippen LogP contribution in [-0.2, 0) is 9.59 Å². The van der Waals surface area contributed by atoms with Crippen LogP contribution < -0.4 is 69.3 Å². The minimum Gasteiger partial charge on any atom is -0.548 e. The molecule has 2 aliphatic heterocycles. The monoisotopic (exact) mass is 424 g/mol. The van der Waals surface area contributed by atoms with Crippen LogP contribution in [0.1, 0.15) is 25.7 Å². The Bertz CT molecular complexity index is 467. The molecule has 2 saturated heterocycles. The van der Waals surface area contributed by atoms with E-state index in [1.807, 2.05) is 0 Å². The van der Waals surface area contributed by atoms with E-state index < -0.39 is 24.0 Å². The maximum Gasteiger partial charge on any atom is 1.00 e. The predicted octanol–water partition coefficient (Wildman–Crippen LogP) is -6.63. The smallest absolute Gasteiger partial charge is 0.548 e. The van der Waals surface area contributed by atoms with Gasteiger partial charge in [-0.1, -0.05) is 24.4 Å². The second kappa shape index (κ2) is 12.0. The van der Waals surface area contributed by atoms with Crippen molar-refractivity contribution in [2.45, 2.75) is 37.8 Å². The van der Waals surface area contributed by atoms with Crippen LogP contribution in [-0.4, -0.2) is 55.6 Å². The third-order valence-corrected chi connectivity index (χ3v) is 7.34. The molecule has 24 heavy (non-hydrogen) atoms. The molecule has 0 aromatic carbocycles. The molecule has 0 bridgehead atoms. The molecule has 2 atom stereocenters. The molecule has 0 amide bonds. The summed E-state index contributed by atoms with van der Waals surface area (Å²) in [5, 5.41) is 22.1. The van der Waals surface area contributed by atoms with Crippen molar-refractivity contribution in [3.8, 4) is 0 Å². The third kappa shape index (κ3) is 6.54. The van der Waals surface area contributed by atoms with E-state index >= 15 is 0 Å². The summed E-state index contributed by atoms with van der Waals surface area (Å²) in [6, 6.07) is -1.37. The molecule has 0 N–H and O–H groups in total. The van der Waals surface area contributed by atoms with Gasteiger partial charge in [0.2, 0.25) is 0 Å². The van der Waals surface area contributed by atoms with Gasteiger partial charge in [-0.15, -0.1) is 0 Å². The minimum absolute atomic E-state index is 0. The number of carboxylic acid groups (broad SMARTS) is 2. The topological polar surface area (TPSA) is 86.7 Å². The summed E-state index contributed by atoms with van der Waals surface area (Å²) in [7, 11) is 2.38. The first-order chi connectivity index (χ1) is 10.4. The minimum atomic E-state index is -1.12. The summed E-state index contributed by atoms with van der Waals surface area (Å²) in [6.07, 6.45) is 2.56. The molecule has 2 rings (SSSR count). The van der Waals surface area contributed by atoms with Crippen molar-refractivity contribution >= 4 is 66.6 Å². The molecule has 0 aromatic heterocycles. The van der Waals surface area contributed by atoms with Gasteiger partial charge in [-0.3, -0.25) is 0 Å². The van der Waals surface area contributed by atoms with E-state index in [0.717, 1.165) is 12.8 Å². The van der Waals surface area contributed by atoms with Crippen molar-refractivity contribution in [1.29, 1.82) is 0 Å². The largest absolute Gasteiger partial charge is 1.00 e. The fourth-order valence-corrected chi connectivity index (χ4v) is 5.45. The van der Waals surface area contributed by atoms with Crippen LogP contribution in [0.15, 0.2) is 0 Å². The van der Waals surface area contributed by atoms with Crippen LogP contribution in [0.25, 0.3) is 0 Å². The Morgan fingerprint density at radius 3 is 1.46 bits per heavy atom. The molecule has 12 heteroatoms. The number of hydrogen-bond acceptors (Lipinski definition) is 8. The zero-order valence-electron chi connectivity index (χ0n) is 13.6. The van der Waals surface area contributed by atoms with E-state index in [9.17, 15) is 19.8 Å². The van der Waals surface area contributed by atoms with Crippen LogP contribution in [0.3, 0.4) is 0 Å². The van der Waals surface area contributed by atoms with Gasteiger partial charge in [0.15, 0.2) is 0 Å². The Morgan fingerprint density at radius 1 is 0.833 bits per heavy atom. The summed E-state index contributed by atoms with van der Waals surface area (Å²) in [6.45, 7) is 1.17. The third-order valence-electron chi connectivity index (χ3n) is 3.70. The normalized spacial score (nSPS) is 22.5. The summed E-state index contributed by atoms with van der Waals surface area (Å²) in [4.78, 5) is 25.4. The standard InChI is InChI=1S/C12H16N2O4S4.2Na/c15-9(16)7-3-1-5-13(7)11(19)21-22-12(20)14-6-2-4-8(14)10(17)18;;/h7-8H,1-6H2,(H,15,16)(H,17,18);;/q;2*+1/p-2. The zero-order valence-corrected chi connectivity index (χ0v) is 20.8. The average molecular weight is 425 g/mol. The van der Waals surface area contributed by atoms with E-state index in [4.69, 9.17) is 24.4 Å². The van der Waals surface area contributed by atoms with Crippen molar-refractivity contribution in [2.75, 3.05) is 13.1 Å². The Labute approximate surface area is 203 Å². The average Bonchev–Trinajstić information content (AvgIpc) is 3.12. The van der Waals surface area contributed by atoms with E-state index in [1.54, 1.807) is 9.80 Å². The molecule has 0 saturated carbocycles. The maximum absolute atomic E-state index is 11.0. The fraction of sp³-hybridized carbons (Fsp3) is 0.667. The van der Waals surface area contributed by atoms with E-state index in [-0.39, 0.29) is 59.1 Å². The molecule has 6 nitrogen and oxygen atoms in total. The van der Waals surface area contributed by atoms with Crippen molar-refractivity contribution in [1.82, 2.24) is 9.80 Å². The Kier molecular flexibility index (Phi) is 12.7. The van der Waals surface area contributed by atoms with E-state index in [0.29, 0.717) is 34.6 Å². The molecular weight excluding hydrogens is 410 g/mol. The molecule has 0 aliphatic carbocycles. The van der Waals surface area contributed by atoms with E-state index in [2.05, 4.69) is 0 Å². The van der Waals surface area contributed by atoms with Gasteiger partial charge in [-0.05, 0) is 47.3 Å². The molecule has 0 aromatic rings. The number of carbonyl (C=O) groups is 2. The number of carbonyl (C=O) groups excluding carboxylic acids is 2. The number of thiocarbonyl (C=S) groups is 2. The molecule has 0 radical (unpaired) electrons. The quantitative estimate of drug-likeness (QED) is 0.242. The molecule has 0 spiro atoms. The molecule has 2 fully saturated rings. The Hall–Kier alpha value is 1.42. The number of rotatable bonds is 2. The first kappa shape index (κ1) is 25.4. The fourth-order valence-electron chi connectivity index (χ4n) is 2.63. The van der Waals surface area contributed by atoms with Gasteiger partial charge in [0, 0.05) is 13.1 Å². The van der Waals surface area contributed by atoms with Crippen LogP contribution in [0.4, 0.5) is 0 Å². The number of aliphatic carboxylic acids is 2. The summed E-state index contributed by atoms with van der Waals surface area (Å²) < 4.78 is 0.867. The summed E-state index contributed by atoms with van der Waals surface area (Å²) in [5.74, 6) is -2.24. The van der Waals surface area contributed by atoms with Crippen LogP contribution in [0, 0.1) is 0 Å².